The van der Waals surface area contributed by atoms with Crippen molar-refractivity contribution in [2.75, 3.05) is 11.9 Å². The van der Waals surface area contributed by atoms with Crippen molar-refractivity contribution in [1.29, 1.82) is 5.41 Å². The van der Waals surface area contributed by atoms with E-state index in [1.54, 1.807) is 12.1 Å². The number of amidine groups is 1. The zero-order valence-electron chi connectivity index (χ0n) is 11.0. The van der Waals surface area contributed by atoms with Crippen LogP contribution in [0.25, 0.3) is 11.1 Å². The van der Waals surface area contributed by atoms with Gasteiger partial charge in [-0.15, -0.1) is 0 Å². The molecule has 0 atom stereocenters. The van der Waals surface area contributed by atoms with Crippen molar-refractivity contribution in [2.45, 2.75) is 0 Å². The van der Waals surface area contributed by atoms with Gasteiger partial charge in [0.05, 0.1) is 0 Å². The van der Waals surface area contributed by atoms with Gasteiger partial charge in [-0.2, -0.15) is 4.98 Å². The zero-order valence-corrected chi connectivity index (χ0v) is 11.0. The predicted molar refractivity (Wildman–Crippen MR) is 79.5 cm³/mol. The van der Waals surface area contributed by atoms with E-state index in [1.165, 1.54) is 0 Å². The summed E-state index contributed by atoms with van der Waals surface area (Å²) in [6.45, 7) is 0. The van der Waals surface area contributed by atoms with Gasteiger partial charge in [-0.1, -0.05) is 12.1 Å². The summed E-state index contributed by atoms with van der Waals surface area (Å²) in [5.41, 5.74) is 8.64. The summed E-state index contributed by atoms with van der Waals surface area (Å²) in [5, 5.41) is 7.38. The van der Waals surface area contributed by atoms with E-state index in [4.69, 9.17) is 15.6 Å². The number of benzene rings is 2. The molecule has 0 unspecified atom stereocenters. The molecule has 0 aliphatic carbocycles. The van der Waals surface area contributed by atoms with Crippen LogP contribution < -0.4 is 10.6 Å². The molecule has 0 spiro atoms. The number of nitrogens with two attached hydrogens (primary N) is 1. The monoisotopic (exact) mass is 266 g/mol. The minimum atomic E-state index is 0.0565. The van der Waals surface area contributed by atoms with Gasteiger partial charge in [0.25, 0.3) is 0 Å². The highest BCUT2D eigenvalue weighted by Gasteiger charge is 2.11. The molecular weight excluding hydrogens is 252 g/mol. The number of hydrogen-bond acceptors (Lipinski definition) is 4. The lowest BCUT2D eigenvalue weighted by molar-refractivity contribution is 0.603. The molecule has 0 bridgehead atoms. The summed E-state index contributed by atoms with van der Waals surface area (Å²) >= 11 is 0. The van der Waals surface area contributed by atoms with E-state index in [2.05, 4.69) is 4.98 Å². The van der Waals surface area contributed by atoms with E-state index in [-0.39, 0.29) is 5.84 Å². The lowest BCUT2D eigenvalue weighted by atomic mass is 10.2. The zero-order chi connectivity index (χ0) is 14.1. The molecule has 5 nitrogen and oxygen atoms in total. The molecule has 3 aromatic rings. The van der Waals surface area contributed by atoms with Crippen LogP contribution in [0.15, 0.2) is 52.9 Å². The maximum Gasteiger partial charge on any atom is 0.302 e. The summed E-state index contributed by atoms with van der Waals surface area (Å²) in [7, 11) is 1.88. The van der Waals surface area contributed by atoms with E-state index < -0.39 is 0 Å². The number of anilines is 2. The molecule has 3 N–H and O–H groups in total. The van der Waals surface area contributed by atoms with E-state index in [0.717, 1.165) is 16.8 Å². The van der Waals surface area contributed by atoms with Gasteiger partial charge in [-0.25, -0.2) is 0 Å². The lowest BCUT2D eigenvalue weighted by Gasteiger charge is -2.14. The minimum absolute atomic E-state index is 0.0565. The van der Waals surface area contributed by atoms with Gasteiger partial charge >= 0.3 is 6.01 Å². The summed E-state index contributed by atoms with van der Waals surface area (Å²) in [6.07, 6.45) is 0. The molecule has 0 aliphatic heterocycles. The number of nitrogens with zero attached hydrogens (tertiary/aromatic N) is 2. The number of hydrogen-bond donors (Lipinski definition) is 2. The molecule has 1 heterocycles. The second-order valence-corrected chi connectivity index (χ2v) is 4.48. The smallest absolute Gasteiger partial charge is 0.302 e. The highest BCUT2D eigenvalue weighted by Crippen LogP contribution is 2.26. The van der Waals surface area contributed by atoms with Crippen molar-refractivity contribution in [3.8, 4) is 0 Å². The van der Waals surface area contributed by atoms with Gasteiger partial charge in [-0.05, 0) is 36.4 Å². The Morgan fingerprint density at radius 2 is 1.85 bits per heavy atom. The number of rotatable bonds is 3. The van der Waals surface area contributed by atoms with Crippen LogP contribution in [0.4, 0.5) is 11.7 Å². The average molecular weight is 266 g/mol. The fourth-order valence-corrected chi connectivity index (χ4v) is 1.98. The van der Waals surface area contributed by atoms with E-state index in [9.17, 15) is 0 Å². The fourth-order valence-electron chi connectivity index (χ4n) is 1.98. The topological polar surface area (TPSA) is 79.1 Å². The van der Waals surface area contributed by atoms with Crippen molar-refractivity contribution in [1.82, 2.24) is 4.98 Å². The Labute approximate surface area is 116 Å². The molecule has 0 fully saturated rings. The third-order valence-electron chi connectivity index (χ3n) is 3.14. The van der Waals surface area contributed by atoms with Crippen molar-refractivity contribution in [2.24, 2.45) is 5.73 Å². The first kappa shape index (κ1) is 12.2. The Kier molecular flexibility index (Phi) is 2.87. The minimum Gasteiger partial charge on any atom is -0.423 e. The van der Waals surface area contributed by atoms with Crippen LogP contribution in [0.5, 0.6) is 0 Å². The molecule has 0 saturated carbocycles. The number of nitrogens with one attached hydrogen (secondary N) is 1. The first-order chi connectivity index (χ1) is 9.65. The summed E-state index contributed by atoms with van der Waals surface area (Å²) in [5.74, 6) is 0.0565. The molecule has 100 valence electrons. The van der Waals surface area contributed by atoms with Crippen LogP contribution in [-0.2, 0) is 0 Å². The summed E-state index contributed by atoms with van der Waals surface area (Å²) < 4.78 is 5.71. The number of fused-ring (bicyclic) bond motifs is 1. The first-order valence-corrected chi connectivity index (χ1v) is 6.19. The van der Waals surface area contributed by atoms with Crippen LogP contribution in [0, 0.1) is 5.41 Å². The number of aromatic nitrogens is 1. The van der Waals surface area contributed by atoms with Gasteiger partial charge in [-0.3, -0.25) is 10.3 Å². The molecule has 5 heteroatoms. The van der Waals surface area contributed by atoms with Gasteiger partial charge in [0, 0.05) is 18.3 Å². The second-order valence-electron chi connectivity index (χ2n) is 4.48. The lowest BCUT2D eigenvalue weighted by Crippen LogP contribution is -2.12. The SMILES string of the molecule is CN(c1ccc(C(=N)N)cc1)c1nc2ccccc2o1. The second kappa shape index (κ2) is 4.70. The van der Waals surface area contributed by atoms with Crippen LogP contribution in [0.2, 0.25) is 0 Å². The Morgan fingerprint density at radius 1 is 1.15 bits per heavy atom. The van der Waals surface area contributed by atoms with Crippen molar-refractivity contribution in [3.05, 3.63) is 54.1 Å². The molecule has 2 aromatic carbocycles. The van der Waals surface area contributed by atoms with Crippen molar-refractivity contribution < 1.29 is 4.42 Å². The van der Waals surface area contributed by atoms with E-state index >= 15 is 0 Å². The highest BCUT2D eigenvalue weighted by atomic mass is 16.4. The van der Waals surface area contributed by atoms with Crippen molar-refractivity contribution in [3.63, 3.8) is 0 Å². The Balaban J connectivity index is 1.94. The van der Waals surface area contributed by atoms with Crippen LogP contribution in [0.3, 0.4) is 0 Å². The number of para-hydroxylation sites is 2. The molecule has 0 aliphatic rings. The maximum atomic E-state index is 7.38. The Morgan fingerprint density at radius 3 is 2.50 bits per heavy atom. The number of nitrogen functional groups attached to an aromatic ring is 1. The third kappa shape index (κ3) is 2.09. The largest absolute Gasteiger partial charge is 0.423 e. The van der Waals surface area contributed by atoms with E-state index in [1.807, 2.05) is 48.3 Å². The van der Waals surface area contributed by atoms with Gasteiger partial charge in [0.2, 0.25) is 0 Å². The van der Waals surface area contributed by atoms with Crippen LogP contribution in [0.1, 0.15) is 5.56 Å². The average Bonchev–Trinajstić information content (AvgIpc) is 2.90. The molecule has 0 amide bonds. The molecular formula is C15H14N4O. The quantitative estimate of drug-likeness (QED) is 0.564. The standard InChI is InChI=1S/C15H14N4O/c1-19(11-8-6-10(7-9-11)14(16)17)15-18-12-4-2-3-5-13(12)20-15/h2-9H,1H3,(H3,16,17). The highest BCUT2D eigenvalue weighted by molar-refractivity contribution is 5.95. The first-order valence-electron chi connectivity index (χ1n) is 6.19. The fraction of sp³-hybridized carbons (Fsp3) is 0.0667. The molecule has 0 radical (unpaired) electrons. The predicted octanol–water partition coefficient (Wildman–Crippen LogP) is 2.88. The Hall–Kier alpha value is -2.82. The Bertz CT molecular complexity index is 728. The van der Waals surface area contributed by atoms with Gasteiger partial charge in [0.1, 0.15) is 11.4 Å². The van der Waals surface area contributed by atoms with Crippen LogP contribution in [-0.4, -0.2) is 17.9 Å². The molecule has 20 heavy (non-hydrogen) atoms. The van der Waals surface area contributed by atoms with E-state index in [0.29, 0.717) is 11.6 Å². The van der Waals surface area contributed by atoms with Gasteiger partial charge in [0.15, 0.2) is 5.58 Å². The normalized spacial score (nSPS) is 10.7. The number of oxazole rings is 1. The van der Waals surface area contributed by atoms with Gasteiger partial charge < -0.3 is 10.2 Å². The molecule has 3 rings (SSSR count). The summed E-state index contributed by atoms with van der Waals surface area (Å²) in [6, 6.07) is 15.5. The third-order valence-corrected chi connectivity index (χ3v) is 3.14. The summed E-state index contributed by atoms with van der Waals surface area (Å²) in [4.78, 5) is 6.29. The molecule has 0 saturated heterocycles. The van der Waals surface area contributed by atoms with Crippen molar-refractivity contribution >= 4 is 28.6 Å². The maximum absolute atomic E-state index is 7.38. The van der Waals surface area contributed by atoms with Crippen LogP contribution >= 0.6 is 0 Å². The molecule has 1 aromatic heterocycles.